The lowest BCUT2D eigenvalue weighted by atomic mass is 10.4. The summed E-state index contributed by atoms with van der Waals surface area (Å²) in [7, 11) is 0. The van der Waals surface area contributed by atoms with E-state index in [9.17, 15) is 0 Å². The molecule has 0 saturated heterocycles. The first-order chi connectivity index (χ1) is 6.45. The fourth-order valence-corrected chi connectivity index (χ4v) is 1.37. The third-order valence-corrected chi connectivity index (χ3v) is 2.09. The molecule has 0 atom stereocenters. The van der Waals surface area contributed by atoms with E-state index in [0.29, 0.717) is 6.54 Å². The van der Waals surface area contributed by atoms with Gasteiger partial charge in [0.15, 0.2) is 0 Å². The van der Waals surface area contributed by atoms with E-state index in [1.165, 1.54) is 11.5 Å². The van der Waals surface area contributed by atoms with Gasteiger partial charge in [0, 0.05) is 17.8 Å². The molecule has 2 aromatic heterocycles. The first-order valence-electron chi connectivity index (χ1n) is 3.85. The Balaban J connectivity index is 1.94. The number of anilines is 1. The highest BCUT2D eigenvalue weighted by molar-refractivity contribution is 7.03. The van der Waals surface area contributed by atoms with Gasteiger partial charge in [0.1, 0.15) is 0 Å². The molecular weight excluding hydrogens is 184 g/mol. The summed E-state index contributed by atoms with van der Waals surface area (Å²) < 4.78 is 3.77. The molecule has 0 fully saturated rings. The van der Waals surface area contributed by atoms with Crippen molar-refractivity contribution in [2.45, 2.75) is 6.54 Å². The van der Waals surface area contributed by atoms with E-state index in [1.54, 1.807) is 12.4 Å². The van der Waals surface area contributed by atoms with Gasteiger partial charge in [0.2, 0.25) is 0 Å². The van der Waals surface area contributed by atoms with Crippen LogP contribution in [0.15, 0.2) is 29.9 Å². The zero-order valence-electron chi connectivity index (χ0n) is 6.84. The summed E-state index contributed by atoms with van der Waals surface area (Å²) in [4.78, 5) is 3.99. The maximum atomic E-state index is 3.99. The first-order valence-corrected chi connectivity index (χ1v) is 4.68. The Kier molecular flexibility index (Phi) is 2.47. The zero-order chi connectivity index (χ0) is 8.93. The Morgan fingerprint density at radius 2 is 2.46 bits per heavy atom. The molecule has 0 unspecified atom stereocenters. The molecular formula is C8H8N4S. The summed E-state index contributed by atoms with van der Waals surface area (Å²) in [6, 6.07) is 3.86. The normalized spacial score (nSPS) is 9.85. The monoisotopic (exact) mass is 192 g/mol. The van der Waals surface area contributed by atoms with Gasteiger partial charge in [-0.1, -0.05) is 4.49 Å². The molecule has 1 N–H and O–H groups in total. The summed E-state index contributed by atoms with van der Waals surface area (Å²) >= 11 is 1.36. The minimum Gasteiger partial charge on any atom is -0.378 e. The maximum Gasteiger partial charge on any atom is 0.0946 e. The summed E-state index contributed by atoms with van der Waals surface area (Å²) in [5.41, 5.74) is 1.95. The van der Waals surface area contributed by atoms with Crippen molar-refractivity contribution >= 4 is 17.2 Å². The number of nitrogens with one attached hydrogen (secondary N) is 1. The van der Waals surface area contributed by atoms with Crippen LogP contribution in [0.2, 0.25) is 0 Å². The second-order valence-corrected chi connectivity index (χ2v) is 3.10. The Morgan fingerprint density at radius 3 is 3.15 bits per heavy atom. The maximum absolute atomic E-state index is 3.99. The van der Waals surface area contributed by atoms with E-state index in [0.717, 1.165) is 11.4 Å². The van der Waals surface area contributed by atoms with Crippen LogP contribution in [-0.4, -0.2) is 14.6 Å². The molecule has 0 saturated carbocycles. The number of nitrogens with zero attached hydrogens (tertiary/aromatic N) is 3. The van der Waals surface area contributed by atoms with Crippen molar-refractivity contribution in [2.24, 2.45) is 0 Å². The second kappa shape index (κ2) is 3.95. The molecule has 66 valence electrons. The van der Waals surface area contributed by atoms with Crippen LogP contribution in [0.25, 0.3) is 0 Å². The van der Waals surface area contributed by atoms with Crippen LogP contribution in [0, 0.1) is 0 Å². The average molecular weight is 192 g/mol. The minimum absolute atomic E-state index is 0.697. The van der Waals surface area contributed by atoms with E-state index in [-0.39, 0.29) is 0 Å². The van der Waals surface area contributed by atoms with Crippen LogP contribution in [-0.2, 0) is 6.54 Å². The second-order valence-electron chi connectivity index (χ2n) is 2.49. The minimum atomic E-state index is 0.697. The molecule has 13 heavy (non-hydrogen) atoms. The lowest BCUT2D eigenvalue weighted by Crippen LogP contribution is -1.99. The van der Waals surface area contributed by atoms with Gasteiger partial charge in [-0.15, -0.1) is 5.10 Å². The number of hydrogen-bond acceptors (Lipinski definition) is 5. The fourth-order valence-electron chi connectivity index (χ4n) is 0.921. The van der Waals surface area contributed by atoms with Crippen LogP contribution in [0.4, 0.5) is 5.69 Å². The van der Waals surface area contributed by atoms with Crippen molar-refractivity contribution in [3.05, 3.63) is 35.6 Å². The zero-order valence-corrected chi connectivity index (χ0v) is 7.66. The molecule has 0 bridgehead atoms. The van der Waals surface area contributed by atoms with E-state index in [4.69, 9.17) is 0 Å². The molecule has 2 rings (SSSR count). The summed E-state index contributed by atoms with van der Waals surface area (Å²) in [6.45, 7) is 0.697. The highest BCUT2D eigenvalue weighted by Gasteiger charge is 1.95. The van der Waals surface area contributed by atoms with Crippen molar-refractivity contribution in [1.29, 1.82) is 0 Å². The average Bonchev–Trinajstić information content (AvgIpc) is 2.69. The van der Waals surface area contributed by atoms with Gasteiger partial charge in [0.25, 0.3) is 0 Å². The third kappa shape index (κ3) is 2.22. The van der Waals surface area contributed by atoms with Gasteiger partial charge < -0.3 is 5.32 Å². The highest BCUT2D eigenvalue weighted by Crippen LogP contribution is 2.05. The van der Waals surface area contributed by atoms with E-state index >= 15 is 0 Å². The lowest BCUT2D eigenvalue weighted by Gasteiger charge is -2.01. The molecule has 2 heterocycles. The largest absolute Gasteiger partial charge is 0.378 e. The van der Waals surface area contributed by atoms with Crippen LogP contribution >= 0.6 is 11.5 Å². The smallest absolute Gasteiger partial charge is 0.0946 e. The van der Waals surface area contributed by atoms with E-state index < -0.39 is 0 Å². The van der Waals surface area contributed by atoms with Crippen molar-refractivity contribution in [1.82, 2.24) is 14.6 Å². The van der Waals surface area contributed by atoms with Crippen LogP contribution in [0.3, 0.4) is 0 Å². The van der Waals surface area contributed by atoms with E-state index in [2.05, 4.69) is 19.9 Å². The summed E-state index contributed by atoms with van der Waals surface area (Å²) in [5.74, 6) is 0. The predicted molar refractivity (Wildman–Crippen MR) is 51.5 cm³/mol. The van der Waals surface area contributed by atoms with Crippen LogP contribution in [0.5, 0.6) is 0 Å². The quantitative estimate of drug-likeness (QED) is 0.801. The van der Waals surface area contributed by atoms with Crippen molar-refractivity contribution in [3.63, 3.8) is 0 Å². The van der Waals surface area contributed by atoms with Gasteiger partial charge in [-0.2, -0.15) is 0 Å². The summed E-state index contributed by atoms with van der Waals surface area (Å²) in [5, 5.41) is 9.03. The number of rotatable bonds is 3. The molecule has 0 spiro atoms. The van der Waals surface area contributed by atoms with Gasteiger partial charge in [-0.05, 0) is 23.7 Å². The molecule has 0 aliphatic heterocycles. The molecule has 0 aromatic carbocycles. The van der Waals surface area contributed by atoms with Crippen LogP contribution < -0.4 is 5.32 Å². The Hall–Kier alpha value is -1.49. The number of hydrogen-bond donors (Lipinski definition) is 1. The van der Waals surface area contributed by atoms with Crippen molar-refractivity contribution in [3.8, 4) is 0 Å². The van der Waals surface area contributed by atoms with E-state index in [1.807, 2.05) is 17.5 Å². The number of aromatic nitrogens is 3. The van der Waals surface area contributed by atoms with Crippen LogP contribution in [0.1, 0.15) is 5.69 Å². The Labute approximate surface area is 79.8 Å². The molecule has 0 aliphatic rings. The SMILES string of the molecule is c1cncc(NCc2csnn2)c1. The standard InChI is InChI=1S/C8H8N4S/c1-2-7(4-9-3-1)10-5-8-6-13-12-11-8/h1-4,6,10H,5H2. The fraction of sp³-hybridized carbons (Fsp3) is 0.125. The van der Waals surface area contributed by atoms with Gasteiger partial charge in [-0.3, -0.25) is 4.98 Å². The molecule has 0 aliphatic carbocycles. The Bertz CT molecular complexity index is 346. The highest BCUT2D eigenvalue weighted by atomic mass is 32.1. The lowest BCUT2D eigenvalue weighted by molar-refractivity contribution is 0.997. The molecule has 4 nitrogen and oxygen atoms in total. The van der Waals surface area contributed by atoms with Crippen molar-refractivity contribution < 1.29 is 0 Å². The Morgan fingerprint density at radius 1 is 1.46 bits per heavy atom. The van der Waals surface area contributed by atoms with Gasteiger partial charge in [0.05, 0.1) is 17.9 Å². The van der Waals surface area contributed by atoms with Crippen molar-refractivity contribution in [2.75, 3.05) is 5.32 Å². The first kappa shape index (κ1) is 8.12. The number of pyridine rings is 1. The molecule has 0 amide bonds. The van der Waals surface area contributed by atoms with Gasteiger partial charge in [-0.25, -0.2) is 0 Å². The molecule has 0 radical (unpaired) electrons. The van der Waals surface area contributed by atoms with Gasteiger partial charge >= 0.3 is 0 Å². The molecule has 5 heteroatoms. The summed E-state index contributed by atoms with van der Waals surface area (Å²) in [6.07, 6.45) is 3.52. The third-order valence-electron chi connectivity index (χ3n) is 1.54. The topological polar surface area (TPSA) is 50.7 Å². The molecule has 2 aromatic rings. The predicted octanol–water partition coefficient (Wildman–Crippen LogP) is 1.55.